The van der Waals surface area contributed by atoms with Crippen molar-refractivity contribution in [3.63, 3.8) is 0 Å². The molecule has 96 valence electrons. The quantitative estimate of drug-likeness (QED) is 0.898. The monoisotopic (exact) mass is 246 g/mol. The number of hydrogen-bond acceptors (Lipinski definition) is 3. The minimum absolute atomic E-state index is 0.114. The molecule has 1 N–H and O–H groups in total. The van der Waals surface area contributed by atoms with Crippen LogP contribution in [0, 0.1) is 6.92 Å². The summed E-state index contributed by atoms with van der Waals surface area (Å²) in [6.07, 6.45) is -0.641. The van der Waals surface area contributed by atoms with Crippen LogP contribution in [0.25, 0.3) is 0 Å². The molecule has 1 aromatic carbocycles. The molecular formula is C15H18O3. The Bertz CT molecular complexity index is 514. The van der Waals surface area contributed by atoms with E-state index in [-0.39, 0.29) is 6.10 Å². The van der Waals surface area contributed by atoms with E-state index in [9.17, 15) is 5.11 Å². The topological polar surface area (TPSA) is 42.6 Å². The summed E-state index contributed by atoms with van der Waals surface area (Å²) in [6, 6.07) is 11.1. The maximum absolute atomic E-state index is 10.2. The van der Waals surface area contributed by atoms with E-state index in [1.165, 1.54) is 0 Å². The van der Waals surface area contributed by atoms with Crippen molar-refractivity contribution in [1.82, 2.24) is 0 Å². The molecule has 0 amide bonds. The fourth-order valence-corrected chi connectivity index (χ4v) is 1.79. The molecule has 0 saturated heterocycles. The van der Waals surface area contributed by atoms with E-state index in [1.807, 2.05) is 51.1 Å². The number of hydrogen-bond donors (Lipinski definition) is 1. The predicted octanol–water partition coefficient (Wildman–Crippen LogP) is 3.46. The second-order valence-corrected chi connectivity index (χ2v) is 4.59. The molecule has 3 nitrogen and oxygen atoms in total. The minimum atomic E-state index is -0.755. The van der Waals surface area contributed by atoms with Crippen LogP contribution in [0.1, 0.15) is 37.0 Å². The van der Waals surface area contributed by atoms with Crippen LogP contribution >= 0.6 is 0 Å². The number of benzene rings is 1. The Morgan fingerprint density at radius 1 is 1.17 bits per heavy atom. The summed E-state index contributed by atoms with van der Waals surface area (Å²) in [5.74, 6) is 2.10. The predicted molar refractivity (Wildman–Crippen MR) is 69.7 cm³/mol. The van der Waals surface area contributed by atoms with E-state index >= 15 is 0 Å². The molecule has 2 rings (SSSR count). The first-order valence-electron chi connectivity index (χ1n) is 6.07. The molecule has 2 aromatic rings. The van der Waals surface area contributed by atoms with Gasteiger partial charge in [0.05, 0.1) is 6.10 Å². The lowest BCUT2D eigenvalue weighted by atomic mass is 10.1. The van der Waals surface area contributed by atoms with Crippen molar-refractivity contribution >= 4 is 0 Å². The van der Waals surface area contributed by atoms with Crippen LogP contribution in [0.3, 0.4) is 0 Å². The lowest BCUT2D eigenvalue weighted by Gasteiger charge is -2.13. The Hall–Kier alpha value is -1.74. The molecular weight excluding hydrogens is 228 g/mol. The summed E-state index contributed by atoms with van der Waals surface area (Å²) >= 11 is 0. The average molecular weight is 246 g/mol. The molecule has 0 unspecified atom stereocenters. The van der Waals surface area contributed by atoms with Gasteiger partial charge in [-0.15, -0.1) is 0 Å². The average Bonchev–Trinajstić information content (AvgIpc) is 2.74. The fourth-order valence-electron chi connectivity index (χ4n) is 1.79. The van der Waals surface area contributed by atoms with Crippen LogP contribution in [-0.2, 0) is 0 Å². The first-order chi connectivity index (χ1) is 8.56. The Morgan fingerprint density at radius 3 is 2.56 bits per heavy atom. The fraction of sp³-hybridized carbons (Fsp3) is 0.333. The Labute approximate surface area is 107 Å². The molecule has 0 bridgehead atoms. The van der Waals surface area contributed by atoms with Gasteiger partial charge in [-0.2, -0.15) is 0 Å². The van der Waals surface area contributed by atoms with Crippen LogP contribution in [0.15, 0.2) is 40.8 Å². The van der Waals surface area contributed by atoms with Gasteiger partial charge in [-0.3, -0.25) is 0 Å². The molecule has 0 radical (unpaired) electrons. The summed E-state index contributed by atoms with van der Waals surface area (Å²) in [5.41, 5.74) is 0.766. The van der Waals surface area contributed by atoms with Crippen LogP contribution < -0.4 is 4.74 Å². The highest BCUT2D eigenvalue weighted by molar-refractivity contribution is 5.33. The largest absolute Gasteiger partial charge is 0.491 e. The van der Waals surface area contributed by atoms with Gasteiger partial charge >= 0.3 is 0 Å². The van der Waals surface area contributed by atoms with E-state index in [4.69, 9.17) is 9.15 Å². The second-order valence-electron chi connectivity index (χ2n) is 4.59. The highest BCUT2D eigenvalue weighted by Gasteiger charge is 2.14. The smallest absolute Gasteiger partial charge is 0.137 e. The molecule has 0 fully saturated rings. The van der Waals surface area contributed by atoms with Gasteiger partial charge in [0.15, 0.2) is 0 Å². The maximum Gasteiger partial charge on any atom is 0.137 e. The Morgan fingerprint density at radius 2 is 1.94 bits per heavy atom. The molecule has 1 heterocycles. The first kappa shape index (κ1) is 12.7. The number of rotatable bonds is 4. The van der Waals surface area contributed by atoms with Gasteiger partial charge in [-0.25, -0.2) is 0 Å². The van der Waals surface area contributed by atoms with Crippen LogP contribution in [-0.4, -0.2) is 11.2 Å². The zero-order valence-corrected chi connectivity index (χ0v) is 10.9. The van der Waals surface area contributed by atoms with E-state index < -0.39 is 6.10 Å². The van der Waals surface area contributed by atoms with Crippen molar-refractivity contribution in [2.24, 2.45) is 0 Å². The molecule has 0 aliphatic heterocycles. The number of ether oxygens (including phenoxy) is 1. The molecule has 1 atom stereocenters. The van der Waals surface area contributed by atoms with Crippen molar-refractivity contribution < 1.29 is 14.3 Å². The van der Waals surface area contributed by atoms with Crippen LogP contribution in [0.2, 0.25) is 0 Å². The van der Waals surface area contributed by atoms with Crippen LogP contribution in [0.4, 0.5) is 0 Å². The van der Waals surface area contributed by atoms with Crippen molar-refractivity contribution in [3.8, 4) is 5.75 Å². The third-order valence-electron chi connectivity index (χ3n) is 2.58. The summed E-state index contributed by atoms with van der Waals surface area (Å²) in [5, 5.41) is 10.2. The van der Waals surface area contributed by atoms with Gasteiger partial charge in [0, 0.05) is 0 Å². The number of aliphatic hydroxyl groups is 1. The number of aliphatic hydroxyl groups excluding tert-OH is 1. The number of furan rings is 1. The summed E-state index contributed by atoms with van der Waals surface area (Å²) < 4.78 is 11.0. The highest BCUT2D eigenvalue weighted by atomic mass is 16.5. The lowest BCUT2D eigenvalue weighted by Crippen LogP contribution is -2.06. The molecule has 0 aliphatic carbocycles. The van der Waals surface area contributed by atoms with Crippen molar-refractivity contribution in [3.05, 3.63) is 53.5 Å². The SMILES string of the molecule is Cc1ccc([C@@H](O)c2cccc(OC(C)C)c2)o1. The summed E-state index contributed by atoms with van der Waals surface area (Å²) in [7, 11) is 0. The van der Waals surface area contributed by atoms with Gasteiger partial charge in [0.25, 0.3) is 0 Å². The normalized spacial score (nSPS) is 12.7. The highest BCUT2D eigenvalue weighted by Crippen LogP contribution is 2.26. The standard InChI is InChI=1S/C15H18O3/c1-10(2)17-13-6-4-5-12(9-13)15(16)14-8-7-11(3)18-14/h4-10,15-16H,1-3H3/t15-/m0/s1. The third-order valence-corrected chi connectivity index (χ3v) is 2.58. The van der Waals surface area contributed by atoms with Gasteiger partial charge in [-0.1, -0.05) is 12.1 Å². The van der Waals surface area contributed by atoms with Crippen molar-refractivity contribution in [1.29, 1.82) is 0 Å². The lowest BCUT2D eigenvalue weighted by molar-refractivity contribution is 0.186. The van der Waals surface area contributed by atoms with Crippen LogP contribution in [0.5, 0.6) is 5.75 Å². The van der Waals surface area contributed by atoms with Gasteiger partial charge < -0.3 is 14.3 Å². The van der Waals surface area contributed by atoms with E-state index in [1.54, 1.807) is 6.07 Å². The number of aryl methyl sites for hydroxylation is 1. The molecule has 3 heteroatoms. The van der Waals surface area contributed by atoms with Crippen molar-refractivity contribution in [2.75, 3.05) is 0 Å². The van der Waals surface area contributed by atoms with E-state index in [0.29, 0.717) is 5.76 Å². The van der Waals surface area contributed by atoms with Gasteiger partial charge in [0.2, 0.25) is 0 Å². The van der Waals surface area contributed by atoms with Gasteiger partial charge in [0.1, 0.15) is 23.4 Å². The molecule has 18 heavy (non-hydrogen) atoms. The van der Waals surface area contributed by atoms with Gasteiger partial charge in [-0.05, 0) is 50.6 Å². The van der Waals surface area contributed by atoms with E-state index in [2.05, 4.69) is 0 Å². The zero-order valence-electron chi connectivity index (χ0n) is 10.9. The Kier molecular flexibility index (Phi) is 3.72. The first-order valence-corrected chi connectivity index (χ1v) is 6.07. The maximum atomic E-state index is 10.2. The van der Waals surface area contributed by atoms with Crippen molar-refractivity contribution in [2.45, 2.75) is 33.0 Å². The Balaban J connectivity index is 2.22. The molecule has 0 spiro atoms. The third kappa shape index (κ3) is 2.93. The summed E-state index contributed by atoms with van der Waals surface area (Å²) in [4.78, 5) is 0. The zero-order chi connectivity index (χ0) is 13.1. The molecule has 1 aromatic heterocycles. The minimum Gasteiger partial charge on any atom is -0.491 e. The molecule has 0 aliphatic rings. The summed E-state index contributed by atoms with van der Waals surface area (Å²) in [6.45, 7) is 5.80. The molecule has 0 saturated carbocycles. The second kappa shape index (κ2) is 5.27. The van der Waals surface area contributed by atoms with E-state index in [0.717, 1.165) is 17.1 Å².